The van der Waals surface area contributed by atoms with Crippen LogP contribution in [-0.2, 0) is 17.2 Å². The molecular weight excluding hydrogens is 446 g/mol. The van der Waals surface area contributed by atoms with Crippen molar-refractivity contribution in [3.63, 3.8) is 0 Å². The zero-order chi connectivity index (χ0) is 23.6. The highest BCUT2D eigenvalue weighted by Gasteiger charge is 2.19. The second-order valence-electron chi connectivity index (χ2n) is 6.35. The number of benzene rings is 2. The van der Waals surface area contributed by atoms with Crippen molar-refractivity contribution in [1.82, 2.24) is 9.55 Å². The summed E-state index contributed by atoms with van der Waals surface area (Å²) in [7, 11) is -3.09. The van der Waals surface area contributed by atoms with Gasteiger partial charge in [0.2, 0.25) is 0 Å². The van der Waals surface area contributed by atoms with Gasteiger partial charge in [-0.3, -0.25) is 29.3 Å². The fraction of sp³-hybridized carbons (Fsp3) is 0.0556. The molecule has 0 bridgehead atoms. The zero-order valence-electron chi connectivity index (χ0n) is 16.3. The third-order valence-corrected chi connectivity index (χ3v) is 5.49. The van der Waals surface area contributed by atoms with E-state index in [4.69, 9.17) is 9.92 Å². The number of nitrogens with zero attached hydrogens (tertiary/aromatic N) is 2. The van der Waals surface area contributed by atoms with Gasteiger partial charge in [0.25, 0.3) is 17.2 Å². The van der Waals surface area contributed by atoms with Crippen LogP contribution in [-0.4, -0.2) is 28.8 Å². The summed E-state index contributed by atoms with van der Waals surface area (Å²) in [5.74, 6) is -1.25. The number of nitrogens with two attached hydrogens (primary N) is 1. The van der Waals surface area contributed by atoms with Crippen LogP contribution in [0.2, 0.25) is 0 Å². The van der Waals surface area contributed by atoms with Crippen LogP contribution in [0.5, 0.6) is 5.75 Å². The molecule has 3 aromatic rings. The van der Waals surface area contributed by atoms with Crippen LogP contribution in [0.4, 0.5) is 17.2 Å². The van der Waals surface area contributed by atoms with Gasteiger partial charge in [0.1, 0.15) is 22.2 Å². The number of amides is 1. The standard InChI is InChI=1S/C18H15N5O8S/c1-22-17(25)14(15(19)21-18(22)26)20-16(24)10-2-8-13(9-3-10)32(29,30)31-12-6-4-11(5-7-12)23(27)28/h2-9H,19H2,1H3,(H,20,24)(H,21,26). The molecule has 0 spiro atoms. The Morgan fingerprint density at radius 3 is 2.28 bits per heavy atom. The van der Waals surface area contributed by atoms with Gasteiger partial charge in [-0.05, 0) is 36.4 Å². The maximum absolute atomic E-state index is 12.4. The number of nitrogen functional groups attached to an aromatic ring is 1. The third kappa shape index (κ3) is 4.49. The molecule has 2 aromatic carbocycles. The molecule has 0 unspecified atom stereocenters. The molecule has 0 fully saturated rings. The van der Waals surface area contributed by atoms with Crippen LogP contribution in [0.25, 0.3) is 0 Å². The molecule has 0 aliphatic rings. The van der Waals surface area contributed by atoms with Gasteiger partial charge in [-0.25, -0.2) is 4.79 Å². The highest BCUT2D eigenvalue weighted by atomic mass is 32.2. The number of nitro groups is 1. The first-order valence-corrected chi connectivity index (χ1v) is 10.1. The number of non-ortho nitro benzene ring substituents is 1. The Morgan fingerprint density at radius 1 is 1.12 bits per heavy atom. The van der Waals surface area contributed by atoms with Crippen molar-refractivity contribution >= 4 is 33.2 Å². The van der Waals surface area contributed by atoms with Crippen molar-refractivity contribution in [1.29, 1.82) is 0 Å². The summed E-state index contributed by atoms with van der Waals surface area (Å²) in [5, 5.41) is 12.9. The van der Waals surface area contributed by atoms with Gasteiger partial charge in [-0.1, -0.05) is 0 Å². The summed E-state index contributed by atoms with van der Waals surface area (Å²) in [5.41, 5.74) is 3.42. The Labute approximate surface area is 179 Å². The Kier molecular flexibility index (Phi) is 5.80. The van der Waals surface area contributed by atoms with Crippen molar-refractivity contribution in [3.8, 4) is 5.75 Å². The average molecular weight is 461 g/mol. The molecular formula is C18H15N5O8S. The number of anilines is 2. The van der Waals surface area contributed by atoms with Crippen molar-refractivity contribution in [2.45, 2.75) is 4.90 Å². The largest absolute Gasteiger partial charge is 0.383 e. The number of hydrogen-bond donors (Lipinski definition) is 3. The van der Waals surface area contributed by atoms with Crippen LogP contribution >= 0.6 is 0 Å². The molecule has 14 heteroatoms. The fourth-order valence-electron chi connectivity index (χ4n) is 2.51. The van der Waals surface area contributed by atoms with Gasteiger partial charge >= 0.3 is 15.8 Å². The average Bonchev–Trinajstić information content (AvgIpc) is 2.75. The monoisotopic (exact) mass is 461 g/mol. The number of carbonyl (C=O) groups excluding carboxylic acids is 1. The predicted octanol–water partition coefficient (Wildman–Crippen LogP) is 0.584. The molecule has 0 radical (unpaired) electrons. The lowest BCUT2D eigenvalue weighted by atomic mass is 10.2. The lowest BCUT2D eigenvalue weighted by Crippen LogP contribution is -2.36. The minimum absolute atomic E-state index is 0.00746. The first-order valence-electron chi connectivity index (χ1n) is 8.69. The van der Waals surface area contributed by atoms with E-state index >= 15 is 0 Å². The van der Waals surface area contributed by atoms with Crippen molar-refractivity contribution < 1.29 is 22.3 Å². The smallest absolute Gasteiger partial charge is 0.339 e. The normalized spacial score (nSPS) is 11.0. The Bertz CT molecular complexity index is 1420. The molecule has 0 aliphatic heterocycles. The van der Waals surface area contributed by atoms with Crippen LogP contribution in [0.1, 0.15) is 10.4 Å². The number of aromatic nitrogens is 2. The number of nitrogens with one attached hydrogen (secondary N) is 2. The second kappa shape index (κ2) is 8.35. The van der Waals surface area contributed by atoms with E-state index in [1.54, 1.807) is 0 Å². The van der Waals surface area contributed by atoms with Crippen LogP contribution in [0.15, 0.2) is 63.0 Å². The van der Waals surface area contributed by atoms with E-state index in [9.17, 15) is 32.9 Å². The summed E-state index contributed by atoms with van der Waals surface area (Å²) < 4.78 is 30.4. The summed E-state index contributed by atoms with van der Waals surface area (Å²) in [4.78, 5) is 48.0. The molecule has 0 atom stereocenters. The Morgan fingerprint density at radius 2 is 1.72 bits per heavy atom. The van der Waals surface area contributed by atoms with Gasteiger partial charge in [0.05, 0.1) is 4.92 Å². The molecule has 13 nitrogen and oxygen atoms in total. The SMILES string of the molecule is Cn1c(=O)[nH]c(N)c(NC(=O)c2ccc(S(=O)(=O)Oc3ccc([N+](=O)[O-])cc3)cc2)c1=O. The van der Waals surface area contributed by atoms with E-state index in [0.717, 1.165) is 41.0 Å². The van der Waals surface area contributed by atoms with Crippen LogP contribution < -0.4 is 26.5 Å². The number of rotatable bonds is 6. The maximum atomic E-state index is 12.4. The number of nitro benzene ring substituents is 1. The highest BCUT2D eigenvalue weighted by molar-refractivity contribution is 7.87. The lowest BCUT2D eigenvalue weighted by Gasteiger charge is -2.10. The van der Waals surface area contributed by atoms with E-state index in [-0.39, 0.29) is 33.4 Å². The first kappa shape index (κ1) is 22.2. The molecule has 1 amide bonds. The zero-order valence-corrected chi connectivity index (χ0v) is 17.1. The number of H-pyrrole nitrogens is 1. The van der Waals surface area contributed by atoms with E-state index in [1.807, 2.05) is 0 Å². The van der Waals surface area contributed by atoms with Crippen molar-refractivity contribution in [2.75, 3.05) is 11.1 Å². The Balaban J connectivity index is 1.79. The number of carbonyl (C=O) groups is 1. The minimum atomic E-state index is -4.29. The van der Waals surface area contributed by atoms with Crippen LogP contribution in [0, 0.1) is 10.1 Å². The molecule has 1 heterocycles. The molecule has 32 heavy (non-hydrogen) atoms. The first-order chi connectivity index (χ1) is 15.0. The highest BCUT2D eigenvalue weighted by Crippen LogP contribution is 2.22. The van der Waals surface area contributed by atoms with E-state index in [2.05, 4.69) is 10.3 Å². The molecule has 1 aromatic heterocycles. The van der Waals surface area contributed by atoms with E-state index in [0.29, 0.717) is 0 Å². The minimum Gasteiger partial charge on any atom is -0.383 e. The second-order valence-corrected chi connectivity index (χ2v) is 7.90. The van der Waals surface area contributed by atoms with E-state index in [1.165, 1.54) is 19.2 Å². The maximum Gasteiger partial charge on any atom is 0.339 e. The van der Waals surface area contributed by atoms with E-state index < -0.39 is 32.2 Å². The summed E-state index contributed by atoms with van der Waals surface area (Å²) in [6, 6.07) is 8.99. The van der Waals surface area contributed by atoms with Gasteiger partial charge in [-0.2, -0.15) is 8.42 Å². The summed E-state index contributed by atoms with van der Waals surface area (Å²) >= 11 is 0. The molecule has 3 rings (SSSR count). The van der Waals surface area contributed by atoms with Gasteiger partial charge in [0, 0.05) is 24.7 Å². The van der Waals surface area contributed by atoms with Gasteiger partial charge in [0.15, 0.2) is 0 Å². The van der Waals surface area contributed by atoms with Crippen LogP contribution in [0.3, 0.4) is 0 Å². The van der Waals surface area contributed by atoms with Gasteiger partial charge < -0.3 is 15.2 Å². The van der Waals surface area contributed by atoms with Crippen molar-refractivity contribution in [3.05, 3.63) is 85.0 Å². The molecule has 166 valence electrons. The molecule has 0 saturated heterocycles. The quantitative estimate of drug-likeness (QED) is 0.267. The molecule has 4 N–H and O–H groups in total. The topological polar surface area (TPSA) is 196 Å². The summed E-state index contributed by atoms with van der Waals surface area (Å²) in [6.07, 6.45) is 0. The van der Waals surface area contributed by atoms with Crippen molar-refractivity contribution in [2.24, 2.45) is 7.05 Å². The van der Waals surface area contributed by atoms with Gasteiger partial charge in [-0.15, -0.1) is 0 Å². The summed E-state index contributed by atoms with van der Waals surface area (Å²) in [6.45, 7) is 0. The molecule has 0 saturated carbocycles. The number of hydrogen-bond acceptors (Lipinski definition) is 9. The third-order valence-electron chi connectivity index (χ3n) is 4.23. The lowest BCUT2D eigenvalue weighted by molar-refractivity contribution is -0.384. The number of aromatic amines is 1. The predicted molar refractivity (Wildman–Crippen MR) is 112 cm³/mol. The fourth-order valence-corrected chi connectivity index (χ4v) is 3.44. The Hall–Kier alpha value is -4.46. The molecule has 0 aliphatic carbocycles.